The average Bonchev–Trinajstić information content (AvgIpc) is 3.41. The van der Waals surface area contributed by atoms with Crippen LogP contribution in [0.4, 0.5) is 10.1 Å². The summed E-state index contributed by atoms with van der Waals surface area (Å²) in [6.07, 6.45) is 1.71. The SMILES string of the molecule is O=C1/C(=C/c2ccc(-c3cccc(F)c3)o2)SC(=Nc2ccccc2)N1Cc1ccccc1. The van der Waals surface area contributed by atoms with E-state index in [4.69, 9.17) is 9.41 Å². The van der Waals surface area contributed by atoms with E-state index in [0.29, 0.717) is 33.7 Å². The number of carbonyl (C=O) groups is 1. The summed E-state index contributed by atoms with van der Waals surface area (Å²) in [5.74, 6) is 0.590. The molecule has 1 aliphatic rings. The normalized spacial score (nSPS) is 16.2. The molecule has 0 unspecified atom stereocenters. The zero-order valence-corrected chi connectivity index (χ0v) is 18.3. The number of carbonyl (C=O) groups excluding carboxylic acids is 1. The van der Waals surface area contributed by atoms with Gasteiger partial charge in [-0.25, -0.2) is 9.38 Å². The molecule has 0 bridgehead atoms. The van der Waals surface area contributed by atoms with Gasteiger partial charge in [0.15, 0.2) is 5.17 Å². The lowest BCUT2D eigenvalue weighted by atomic mass is 10.2. The lowest BCUT2D eigenvalue weighted by Crippen LogP contribution is -2.28. The Balaban J connectivity index is 1.46. The van der Waals surface area contributed by atoms with Crippen LogP contribution < -0.4 is 0 Å². The van der Waals surface area contributed by atoms with Gasteiger partial charge in [-0.3, -0.25) is 9.69 Å². The van der Waals surface area contributed by atoms with Gasteiger partial charge in [0.2, 0.25) is 0 Å². The molecule has 1 aliphatic heterocycles. The maximum atomic E-state index is 13.6. The Labute approximate surface area is 195 Å². The number of aliphatic imine (C=N–C) groups is 1. The van der Waals surface area contributed by atoms with E-state index in [1.54, 1.807) is 35.2 Å². The van der Waals surface area contributed by atoms with E-state index >= 15 is 0 Å². The molecule has 0 aliphatic carbocycles. The molecule has 3 aromatic carbocycles. The summed E-state index contributed by atoms with van der Waals surface area (Å²) in [4.78, 5) is 20.2. The summed E-state index contributed by atoms with van der Waals surface area (Å²) in [6, 6.07) is 29.1. The number of hydrogen-bond donors (Lipinski definition) is 0. The van der Waals surface area contributed by atoms with Gasteiger partial charge < -0.3 is 4.42 Å². The van der Waals surface area contributed by atoms with E-state index in [1.807, 2.05) is 60.7 Å². The zero-order chi connectivity index (χ0) is 22.6. The summed E-state index contributed by atoms with van der Waals surface area (Å²) < 4.78 is 19.4. The van der Waals surface area contributed by atoms with Gasteiger partial charge >= 0.3 is 0 Å². The minimum absolute atomic E-state index is 0.137. The molecule has 162 valence electrons. The summed E-state index contributed by atoms with van der Waals surface area (Å²) in [7, 11) is 0. The number of furan rings is 1. The van der Waals surface area contributed by atoms with Crippen LogP contribution in [0.2, 0.25) is 0 Å². The summed E-state index contributed by atoms with van der Waals surface area (Å²) in [6.45, 7) is 0.419. The van der Waals surface area contributed by atoms with Gasteiger partial charge in [0.25, 0.3) is 5.91 Å². The molecule has 0 N–H and O–H groups in total. The lowest BCUT2D eigenvalue weighted by molar-refractivity contribution is -0.122. The molecule has 6 heteroatoms. The summed E-state index contributed by atoms with van der Waals surface area (Å²) in [5, 5.41) is 0.609. The topological polar surface area (TPSA) is 45.8 Å². The standard InChI is InChI=1S/C27H19FN2O2S/c28-21-11-7-10-20(16-21)24-15-14-23(32-24)17-25-26(31)30(18-19-8-3-1-4-9-19)27(33-25)29-22-12-5-2-6-13-22/h1-17H,18H2/b25-17-,29-27?. The lowest BCUT2D eigenvalue weighted by Gasteiger charge is -2.15. The summed E-state index contributed by atoms with van der Waals surface area (Å²) in [5.41, 5.74) is 2.43. The number of para-hydroxylation sites is 1. The fourth-order valence-electron chi connectivity index (χ4n) is 3.47. The highest BCUT2D eigenvalue weighted by Gasteiger charge is 2.33. The van der Waals surface area contributed by atoms with Crippen molar-refractivity contribution in [1.29, 1.82) is 0 Å². The van der Waals surface area contributed by atoms with Crippen LogP contribution in [0, 0.1) is 5.82 Å². The zero-order valence-electron chi connectivity index (χ0n) is 17.5. The first-order valence-electron chi connectivity index (χ1n) is 10.4. The Morgan fingerprint density at radius 2 is 1.67 bits per heavy atom. The second-order valence-electron chi connectivity index (χ2n) is 7.43. The van der Waals surface area contributed by atoms with Crippen LogP contribution in [0.25, 0.3) is 17.4 Å². The number of benzene rings is 3. The molecule has 2 heterocycles. The molecule has 4 nitrogen and oxygen atoms in total. The molecule has 1 saturated heterocycles. The number of nitrogens with zero attached hydrogens (tertiary/aromatic N) is 2. The highest BCUT2D eigenvalue weighted by atomic mass is 32.2. The van der Waals surface area contributed by atoms with Gasteiger partial charge in [-0.15, -0.1) is 0 Å². The van der Waals surface area contributed by atoms with Crippen LogP contribution in [0.15, 0.2) is 111 Å². The van der Waals surface area contributed by atoms with Crippen molar-refractivity contribution in [3.8, 4) is 11.3 Å². The quantitative estimate of drug-likeness (QED) is 0.309. The number of thioether (sulfide) groups is 1. The third-order valence-electron chi connectivity index (χ3n) is 5.06. The first-order valence-corrected chi connectivity index (χ1v) is 11.2. The average molecular weight is 455 g/mol. The largest absolute Gasteiger partial charge is 0.457 e. The second kappa shape index (κ2) is 9.30. The molecule has 4 aromatic rings. The van der Waals surface area contributed by atoms with E-state index < -0.39 is 0 Å². The Kier molecular flexibility index (Phi) is 5.91. The summed E-state index contributed by atoms with van der Waals surface area (Å²) >= 11 is 1.31. The molecular weight excluding hydrogens is 435 g/mol. The van der Waals surface area contributed by atoms with Crippen molar-refractivity contribution in [2.45, 2.75) is 6.54 Å². The minimum Gasteiger partial charge on any atom is -0.457 e. The Morgan fingerprint density at radius 1 is 0.909 bits per heavy atom. The number of amidine groups is 1. The van der Waals surface area contributed by atoms with Crippen LogP contribution in [0.3, 0.4) is 0 Å². The molecule has 0 atom stereocenters. The molecule has 0 radical (unpaired) electrons. The smallest absolute Gasteiger partial charge is 0.267 e. The molecule has 1 fully saturated rings. The fourth-order valence-corrected chi connectivity index (χ4v) is 4.44. The highest BCUT2D eigenvalue weighted by molar-refractivity contribution is 8.18. The Bertz CT molecular complexity index is 1350. The third-order valence-corrected chi connectivity index (χ3v) is 6.07. The number of rotatable bonds is 5. The van der Waals surface area contributed by atoms with Gasteiger partial charge in [0.05, 0.1) is 17.1 Å². The highest BCUT2D eigenvalue weighted by Crippen LogP contribution is 2.36. The van der Waals surface area contributed by atoms with Crippen molar-refractivity contribution < 1.29 is 13.6 Å². The van der Waals surface area contributed by atoms with Crippen LogP contribution in [0.1, 0.15) is 11.3 Å². The van der Waals surface area contributed by atoms with E-state index in [0.717, 1.165) is 11.3 Å². The van der Waals surface area contributed by atoms with Gasteiger partial charge in [-0.2, -0.15) is 0 Å². The number of hydrogen-bond acceptors (Lipinski definition) is 4. The Morgan fingerprint density at radius 3 is 2.42 bits per heavy atom. The van der Waals surface area contributed by atoms with Gasteiger partial charge in [-0.05, 0) is 53.7 Å². The predicted molar refractivity (Wildman–Crippen MR) is 130 cm³/mol. The van der Waals surface area contributed by atoms with Crippen molar-refractivity contribution in [3.63, 3.8) is 0 Å². The maximum Gasteiger partial charge on any atom is 0.267 e. The van der Waals surface area contributed by atoms with Crippen molar-refractivity contribution in [2.75, 3.05) is 0 Å². The minimum atomic E-state index is -0.330. The van der Waals surface area contributed by atoms with E-state index in [9.17, 15) is 9.18 Å². The molecule has 1 aromatic heterocycles. The van der Waals surface area contributed by atoms with Crippen molar-refractivity contribution in [3.05, 3.63) is 119 Å². The fraction of sp³-hybridized carbons (Fsp3) is 0.0370. The molecular formula is C27H19FN2O2S. The molecule has 33 heavy (non-hydrogen) atoms. The van der Waals surface area contributed by atoms with Crippen LogP contribution in [-0.4, -0.2) is 16.0 Å². The number of halogens is 1. The van der Waals surface area contributed by atoms with Gasteiger partial charge in [0, 0.05) is 11.6 Å². The molecule has 1 amide bonds. The molecule has 5 rings (SSSR count). The molecule has 0 saturated carbocycles. The first-order chi connectivity index (χ1) is 16.2. The van der Waals surface area contributed by atoms with Crippen molar-refractivity contribution in [2.24, 2.45) is 4.99 Å². The van der Waals surface area contributed by atoms with Crippen molar-refractivity contribution >= 4 is 34.6 Å². The number of amides is 1. The third kappa shape index (κ3) is 4.81. The van der Waals surface area contributed by atoms with Crippen LogP contribution >= 0.6 is 11.8 Å². The maximum absolute atomic E-state index is 13.6. The van der Waals surface area contributed by atoms with Gasteiger partial charge in [-0.1, -0.05) is 60.7 Å². The Hall–Kier alpha value is -3.90. The van der Waals surface area contributed by atoms with Crippen LogP contribution in [0.5, 0.6) is 0 Å². The second-order valence-corrected chi connectivity index (χ2v) is 8.44. The van der Waals surface area contributed by atoms with Crippen LogP contribution in [-0.2, 0) is 11.3 Å². The van der Waals surface area contributed by atoms with E-state index in [-0.39, 0.29) is 11.7 Å². The monoisotopic (exact) mass is 454 g/mol. The van der Waals surface area contributed by atoms with E-state index in [2.05, 4.69) is 0 Å². The molecule has 0 spiro atoms. The van der Waals surface area contributed by atoms with Gasteiger partial charge in [0.1, 0.15) is 17.3 Å². The van der Waals surface area contributed by atoms with E-state index in [1.165, 1.54) is 23.9 Å². The van der Waals surface area contributed by atoms with Crippen molar-refractivity contribution in [1.82, 2.24) is 4.90 Å². The predicted octanol–water partition coefficient (Wildman–Crippen LogP) is 6.89. The first kappa shape index (κ1) is 21.0.